The van der Waals surface area contributed by atoms with Gasteiger partial charge in [-0.25, -0.2) is 0 Å². The molecule has 0 aliphatic carbocycles. The van der Waals surface area contributed by atoms with E-state index in [1.807, 2.05) is 14.1 Å². The van der Waals surface area contributed by atoms with Gasteiger partial charge in [-0.1, -0.05) is 0 Å². The molecule has 3 nitrogen and oxygen atoms in total. The molecule has 0 radical (unpaired) electrons. The fourth-order valence-electron chi connectivity index (χ4n) is 1.25. The molecule has 0 saturated carbocycles. The molecule has 0 spiro atoms. The fraction of sp³-hybridized carbons (Fsp3) is 0.625. The minimum atomic E-state index is 0.918. The summed E-state index contributed by atoms with van der Waals surface area (Å²) in [5, 5.41) is 3.29. The molecule has 0 aromatic heterocycles. The molecule has 3 heteroatoms. The molecule has 1 N–H and O–H groups in total. The molecule has 0 atom stereocenters. The smallest absolute Gasteiger partial charge is 0.0613 e. The third kappa shape index (κ3) is 1.80. The van der Waals surface area contributed by atoms with Gasteiger partial charge in [0.05, 0.1) is 5.70 Å². The van der Waals surface area contributed by atoms with Crippen LogP contribution in [-0.2, 0) is 0 Å². The third-order valence-electron chi connectivity index (χ3n) is 1.89. The molecule has 0 bridgehead atoms. The summed E-state index contributed by atoms with van der Waals surface area (Å²) in [5.41, 5.74) is 2.39. The molecular weight excluding hydrogens is 138 g/mol. The highest BCUT2D eigenvalue weighted by Gasteiger charge is 2.11. The lowest BCUT2D eigenvalue weighted by atomic mass is 10.2. The van der Waals surface area contributed by atoms with Gasteiger partial charge in [0.1, 0.15) is 0 Å². The zero-order valence-corrected chi connectivity index (χ0v) is 7.22. The third-order valence-corrected chi connectivity index (χ3v) is 1.89. The van der Waals surface area contributed by atoms with Crippen molar-refractivity contribution in [2.75, 3.05) is 27.2 Å². The standard InChI is InChI=1S/C8H15N3/c1-9-7-4-5-10-6-8(7)11(2)3/h10H,1,4-6H2,2-3H3. The second-order valence-electron chi connectivity index (χ2n) is 2.87. The topological polar surface area (TPSA) is 27.6 Å². The van der Waals surface area contributed by atoms with E-state index in [4.69, 9.17) is 0 Å². The summed E-state index contributed by atoms with van der Waals surface area (Å²) in [6, 6.07) is 0. The summed E-state index contributed by atoms with van der Waals surface area (Å²) in [6.45, 7) is 5.49. The average Bonchev–Trinajstić information content (AvgIpc) is 2.04. The van der Waals surface area contributed by atoms with Gasteiger partial charge >= 0.3 is 0 Å². The van der Waals surface area contributed by atoms with E-state index in [9.17, 15) is 0 Å². The summed E-state index contributed by atoms with van der Waals surface area (Å²) in [6.07, 6.45) is 0.997. The quantitative estimate of drug-likeness (QED) is 0.583. The van der Waals surface area contributed by atoms with Gasteiger partial charge in [-0.2, -0.15) is 0 Å². The molecular formula is C8H15N3. The van der Waals surface area contributed by atoms with Crippen LogP contribution in [0.15, 0.2) is 16.4 Å². The van der Waals surface area contributed by atoms with Crippen LogP contribution in [0.2, 0.25) is 0 Å². The highest BCUT2D eigenvalue weighted by Crippen LogP contribution is 2.14. The van der Waals surface area contributed by atoms with Crippen LogP contribution < -0.4 is 5.32 Å². The second-order valence-corrected chi connectivity index (χ2v) is 2.87. The Morgan fingerprint density at radius 2 is 2.27 bits per heavy atom. The Hall–Kier alpha value is -0.830. The monoisotopic (exact) mass is 153 g/mol. The van der Waals surface area contributed by atoms with E-state index in [2.05, 4.69) is 21.9 Å². The Balaban J connectivity index is 2.81. The number of rotatable bonds is 2. The minimum absolute atomic E-state index is 0.918. The van der Waals surface area contributed by atoms with Crippen LogP contribution in [0.25, 0.3) is 0 Å². The highest BCUT2D eigenvalue weighted by molar-refractivity contribution is 5.31. The lowest BCUT2D eigenvalue weighted by molar-refractivity contribution is 0.456. The molecule has 1 aliphatic rings. The van der Waals surface area contributed by atoms with Crippen molar-refractivity contribution in [2.45, 2.75) is 6.42 Å². The SMILES string of the molecule is C=NC1=C(N(C)C)CNCC1. The molecule has 0 aromatic rings. The molecule has 0 saturated heterocycles. The van der Waals surface area contributed by atoms with Crippen molar-refractivity contribution < 1.29 is 0 Å². The zero-order chi connectivity index (χ0) is 8.27. The van der Waals surface area contributed by atoms with Gasteiger partial charge in [-0.05, 0) is 6.72 Å². The molecule has 0 fully saturated rings. The van der Waals surface area contributed by atoms with Gasteiger partial charge in [0.15, 0.2) is 0 Å². The lowest BCUT2D eigenvalue weighted by Gasteiger charge is -2.24. The number of likely N-dealkylation sites (N-methyl/N-ethyl adjacent to an activating group) is 1. The number of nitrogens with zero attached hydrogens (tertiary/aromatic N) is 2. The molecule has 0 aromatic carbocycles. The first-order valence-electron chi connectivity index (χ1n) is 3.82. The van der Waals surface area contributed by atoms with E-state index in [1.54, 1.807) is 0 Å². The van der Waals surface area contributed by atoms with E-state index >= 15 is 0 Å². The van der Waals surface area contributed by atoms with Gasteiger partial charge in [0.2, 0.25) is 0 Å². The van der Waals surface area contributed by atoms with E-state index in [-0.39, 0.29) is 0 Å². The summed E-state index contributed by atoms with van der Waals surface area (Å²) < 4.78 is 0. The van der Waals surface area contributed by atoms with Gasteiger partial charge in [0, 0.05) is 39.3 Å². The van der Waals surface area contributed by atoms with Gasteiger partial charge in [-0.15, -0.1) is 0 Å². The van der Waals surface area contributed by atoms with Crippen LogP contribution in [-0.4, -0.2) is 38.8 Å². The predicted molar refractivity (Wildman–Crippen MR) is 47.7 cm³/mol. The maximum absolute atomic E-state index is 4.00. The molecule has 0 amide bonds. The first-order valence-corrected chi connectivity index (χ1v) is 3.82. The van der Waals surface area contributed by atoms with Gasteiger partial charge < -0.3 is 10.2 Å². The van der Waals surface area contributed by atoms with Crippen molar-refractivity contribution in [3.05, 3.63) is 11.4 Å². The van der Waals surface area contributed by atoms with Crippen LogP contribution >= 0.6 is 0 Å². The molecule has 62 valence electrons. The largest absolute Gasteiger partial charge is 0.378 e. The normalized spacial score (nSPS) is 18.4. The van der Waals surface area contributed by atoms with Gasteiger partial charge in [0.25, 0.3) is 0 Å². The van der Waals surface area contributed by atoms with Crippen LogP contribution in [0, 0.1) is 0 Å². The Kier molecular flexibility index (Phi) is 2.65. The lowest BCUT2D eigenvalue weighted by Crippen LogP contribution is -2.31. The number of hydrogen-bond acceptors (Lipinski definition) is 3. The number of aliphatic imine (C=N–C) groups is 1. The van der Waals surface area contributed by atoms with Crippen LogP contribution in [0.4, 0.5) is 0 Å². The summed E-state index contributed by atoms with van der Waals surface area (Å²) >= 11 is 0. The van der Waals surface area contributed by atoms with Crippen molar-refractivity contribution in [1.82, 2.24) is 10.2 Å². The average molecular weight is 153 g/mol. The Labute approximate surface area is 67.8 Å². The summed E-state index contributed by atoms with van der Waals surface area (Å²) in [7, 11) is 4.07. The van der Waals surface area contributed by atoms with Crippen LogP contribution in [0.3, 0.4) is 0 Å². The molecule has 11 heavy (non-hydrogen) atoms. The van der Waals surface area contributed by atoms with Crippen molar-refractivity contribution in [3.63, 3.8) is 0 Å². The number of nitrogens with one attached hydrogen (secondary N) is 1. The van der Waals surface area contributed by atoms with Crippen molar-refractivity contribution in [3.8, 4) is 0 Å². The summed E-state index contributed by atoms with van der Waals surface area (Å²) in [4.78, 5) is 6.09. The van der Waals surface area contributed by atoms with Crippen molar-refractivity contribution in [2.24, 2.45) is 4.99 Å². The zero-order valence-electron chi connectivity index (χ0n) is 7.22. The van der Waals surface area contributed by atoms with Crippen LogP contribution in [0.1, 0.15) is 6.42 Å². The Morgan fingerprint density at radius 3 is 2.73 bits per heavy atom. The molecule has 1 rings (SSSR count). The van der Waals surface area contributed by atoms with E-state index < -0.39 is 0 Å². The number of hydrogen-bond donors (Lipinski definition) is 1. The maximum atomic E-state index is 4.00. The van der Waals surface area contributed by atoms with Crippen molar-refractivity contribution >= 4 is 6.72 Å². The van der Waals surface area contributed by atoms with Crippen molar-refractivity contribution in [1.29, 1.82) is 0 Å². The van der Waals surface area contributed by atoms with E-state index in [0.717, 1.165) is 25.2 Å². The van der Waals surface area contributed by atoms with Crippen LogP contribution in [0.5, 0.6) is 0 Å². The first-order chi connectivity index (χ1) is 5.25. The molecule has 1 aliphatic heterocycles. The second kappa shape index (κ2) is 3.53. The predicted octanol–water partition coefficient (Wildman–Crippen LogP) is 0.454. The Morgan fingerprint density at radius 1 is 1.55 bits per heavy atom. The summed E-state index contributed by atoms with van der Waals surface area (Å²) in [5.74, 6) is 0. The van der Waals surface area contributed by atoms with E-state index in [1.165, 1.54) is 5.70 Å². The van der Waals surface area contributed by atoms with Gasteiger partial charge in [-0.3, -0.25) is 4.99 Å². The molecule has 0 unspecified atom stereocenters. The fourth-order valence-corrected chi connectivity index (χ4v) is 1.25. The first kappa shape index (κ1) is 8.27. The minimum Gasteiger partial charge on any atom is -0.378 e. The maximum Gasteiger partial charge on any atom is 0.0613 e. The highest BCUT2D eigenvalue weighted by atomic mass is 15.1. The van der Waals surface area contributed by atoms with E-state index in [0.29, 0.717) is 0 Å². The Bertz CT molecular complexity index is 182. The molecule has 1 heterocycles.